The third-order valence-corrected chi connectivity index (χ3v) is 5.03. The van der Waals surface area contributed by atoms with Gasteiger partial charge in [-0.15, -0.1) is 24.0 Å². The topological polar surface area (TPSA) is 59.9 Å². The number of nitrogens with zero attached hydrogens (tertiary/aromatic N) is 2. The fourth-order valence-electron chi connectivity index (χ4n) is 3.18. The maximum atomic E-state index is 10.2. The van der Waals surface area contributed by atoms with Crippen molar-refractivity contribution < 1.29 is 5.11 Å². The van der Waals surface area contributed by atoms with Gasteiger partial charge in [-0.2, -0.15) is 0 Å². The molecule has 0 bridgehead atoms. The minimum Gasteiger partial charge on any atom is -0.388 e. The van der Waals surface area contributed by atoms with Crippen LogP contribution in [0.15, 0.2) is 29.3 Å². The lowest BCUT2D eigenvalue weighted by molar-refractivity contribution is -0.0279. The molecule has 0 aromatic heterocycles. The van der Waals surface area contributed by atoms with Crippen LogP contribution in [-0.4, -0.2) is 49.4 Å². The summed E-state index contributed by atoms with van der Waals surface area (Å²) in [5, 5.41) is 17.6. The van der Waals surface area contributed by atoms with Gasteiger partial charge in [0.05, 0.1) is 5.60 Å². The molecule has 1 saturated carbocycles. The number of anilines is 1. The number of guanidine groups is 1. The van der Waals surface area contributed by atoms with Crippen molar-refractivity contribution in [2.75, 3.05) is 31.6 Å². The van der Waals surface area contributed by atoms with Gasteiger partial charge in [-0.1, -0.05) is 17.7 Å². The first-order chi connectivity index (χ1) is 11.1. The van der Waals surface area contributed by atoms with Crippen LogP contribution in [0.4, 0.5) is 5.69 Å². The zero-order valence-corrected chi connectivity index (χ0v) is 17.1. The summed E-state index contributed by atoms with van der Waals surface area (Å²) in [5.74, 6) is 0.767. The molecule has 24 heavy (non-hydrogen) atoms. The molecule has 0 spiro atoms. The highest BCUT2D eigenvalue weighted by Gasteiger charge is 2.34. The van der Waals surface area contributed by atoms with Gasteiger partial charge in [-0.25, -0.2) is 0 Å². The van der Waals surface area contributed by atoms with Crippen molar-refractivity contribution >= 4 is 47.2 Å². The van der Waals surface area contributed by atoms with E-state index >= 15 is 0 Å². The van der Waals surface area contributed by atoms with E-state index in [0.717, 1.165) is 55.4 Å². The van der Waals surface area contributed by atoms with Crippen LogP contribution in [-0.2, 0) is 0 Å². The van der Waals surface area contributed by atoms with E-state index in [2.05, 4.69) is 26.6 Å². The van der Waals surface area contributed by atoms with Gasteiger partial charge < -0.3 is 20.6 Å². The van der Waals surface area contributed by atoms with E-state index < -0.39 is 5.60 Å². The fourth-order valence-corrected chi connectivity index (χ4v) is 3.37. The minimum atomic E-state index is -0.542. The number of rotatable bonds is 4. The van der Waals surface area contributed by atoms with Gasteiger partial charge in [0.1, 0.15) is 0 Å². The second kappa shape index (κ2) is 8.58. The SMILES string of the molecule is CN=C(NCC1(O)CCC1)NC1CCN(c2cccc(Cl)c2)C1.I. The molecule has 5 nitrogen and oxygen atoms in total. The van der Waals surface area contributed by atoms with Gasteiger partial charge in [0.25, 0.3) is 0 Å². The summed E-state index contributed by atoms with van der Waals surface area (Å²) >= 11 is 6.07. The average Bonchev–Trinajstić information content (AvgIpc) is 2.98. The van der Waals surface area contributed by atoms with E-state index in [4.69, 9.17) is 11.6 Å². The minimum absolute atomic E-state index is 0. The molecular weight excluding hydrogens is 439 g/mol. The van der Waals surface area contributed by atoms with Crippen LogP contribution in [0.25, 0.3) is 0 Å². The summed E-state index contributed by atoms with van der Waals surface area (Å²) < 4.78 is 0. The second-order valence-electron chi connectivity index (χ2n) is 6.56. The Hall–Kier alpha value is -0.730. The lowest BCUT2D eigenvalue weighted by Crippen LogP contribution is -2.52. The standard InChI is InChI=1S/C17H25ClN4O.HI/c1-19-16(20-12-17(23)7-3-8-17)21-14-6-9-22(11-14)15-5-2-4-13(18)10-15;/h2,4-5,10,14,23H,3,6-9,11-12H2,1H3,(H2,19,20,21);1H. The molecule has 7 heteroatoms. The van der Waals surface area contributed by atoms with Gasteiger partial charge in [0.2, 0.25) is 0 Å². The first kappa shape index (κ1) is 19.6. The van der Waals surface area contributed by atoms with Crippen molar-refractivity contribution in [1.82, 2.24) is 10.6 Å². The van der Waals surface area contributed by atoms with Crippen molar-refractivity contribution in [2.24, 2.45) is 4.99 Å². The third kappa shape index (κ3) is 4.89. The molecule has 1 aromatic rings. The maximum Gasteiger partial charge on any atom is 0.191 e. The van der Waals surface area contributed by atoms with Gasteiger partial charge in [0.15, 0.2) is 5.96 Å². The lowest BCUT2D eigenvalue weighted by Gasteiger charge is -2.37. The van der Waals surface area contributed by atoms with Crippen LogP contribution in [0, 0.1) is 0 Å². The Morgan fingerprint density at radius 3 is 2.88 bits per heavy atom. The molecule has 1 atom stereocenters. The Labute approximate surface area is 165 Å². The van der Waals surface area contributed by atoms with E-state index in [1.807, 2.05) is 18.2 Å². The number of nitrogens with one attached hydrogen (secondary N) is 2. The molecule has 1 aliphatic carbocycles. The number of benzene rings is 1. The first-order valence-electron chi connectivity index (χ1n) is 8.28. The van der Waals surface area contributed by atoms with Gasteiger partial charge in [0, 0.05) is 43.4 Å². The largest absolute Gasteiger partial charge is 0.388 e. The quantitative estimate of drug-likeness (QED) is 0.364. The van der Waals surface area contributed by atoms with Crippen molar-refractivity contribution in [3.63, 3.8) is 0 Å². The second-order valence-corrected chi connectivity index (χ2v) is 7.00. The molecule has 1 saturated heterocycles. The highest BCUT2D eigenvalue weighted by Crippen LogP contribution is 2.30. The van der Waals surface area contributed by atoms with Crippen LogP contribution in [0.2, 0.25) is 5.02 Å². The van der Waals surface area contributed by atoms with Gasteiger partial charge in [-0.05, 0) is 43.9 Å². The van der Waals surface area contributed by atoms with Crippen molar-refractivity contribution in [3.8, 4) is 0 Å². The molecule has 2 aliphatic rings. The molecule has 3 rings (SSSR count). The molecule has 1 aromatic carbocycles. The fraction of sp³-hybridized carbons (Fsp3) is 0.588. The summed E-state index contributed by atoms with van der Waals surface area (Å²) in [6.45, 7) is 2.49. The Morgan fingerprint density at radius 1 is 1.46 bits per heavy atom. The Bertz CT molecular complexity index is 579. The van der Waals surface area contributed by atoms with Gasteiger partial charge in [-0.3, -0.25) is 4.99 Å². The Morgan fingerprint density at radius 2 is 2.25 bits per heavy atom. The normalized spacial score (nSPS) is 22.5. The van der Waals surface area contributed by atoms with E-state index in [-0.39, 0.29) is 24.0 Å². The molecule has 2 fully saturated rings. The van der Waals surface area contributed by atoms with Crippen LogP contribution >= 0.6 is 35.6 Å². The van der Waals surface area contributed by atoms with Crippen LogP contribution in [0.5, 0.6) is 0 Å². The number of aliphatic imine (C=N–C) groups is 1. The smallest absolute Gasteiger partial charge is 0.191 e. The van der Waals surface area contributed by atoms with Gasteiger partial charge >= 0.3 is 0 Å². The number of halogens is 2. The zero-order valence-electron chi connectivity index (χ0n) is 14.0. The molecule has 134 valence electrons. The van der Waals surface area contributed by atoms with Crippen LogP contribution in [0.1, 0.15) is 25.7 Å². The van der Waals surface area contributed by atoms with E-state index in [9.17, 15) is 5.11 Å². The Balaban J connectivity index is 0.00000208. The summed E-state index contributed by atoms with van der Waals surface area (Å²) in [6.07, 6.45) is 3.92. The van der Waals surface area contributed by atoms with E-state index in [0.29, 0.717) is 12.6 Å². The number of hydrogen-bond acceptors (Lipinski definition) is 3. The molecule has 3 N–H and O–H groups in total. The summed E-state index contributed by atoms with van der Waals surface area (Å²) in [5.41, 5.74) is 0.619. The van der Waals surface area contributed by atoms with E-state index in [1.165, 1.54) is 0 Å². The molecule has 1 aliphatic heterocycles. The molecule has 1 unspecified atom stereocenters. The highest BCUT2D eigenvalue weighted by atomic mass is 127. The maximum absolute atomic E-state index is 10.2. The molecule has 0 amide bonds. The van der Waals surface area contributed by atoms with Crippen molar-refractivity contribution in [3.05, 3.63) is 29.3 Å². The van der Waals surface area contributed by atoms with Crippen molar-refractivity contribution in [1.29, 1.82) is 0 Å². The molecule has 0 radical (unpaired) electrons. The average molecular weight is 465 g/mol. The van der Waals surface area contributed by atoms with Crippen LogP contribution in [0.3, 0.4) is 0 Å². The summed E-state index contributed by atoms with van der Waals surface area (Å²) in [4.78, 5) is 6.60. The predicted molar refractivity (Wildman–Crippen MR) is 111 cm³/mol. The first-order valence-corrected chi connectivity index (χ1v) is 8.66. The Kier molecular flexibility index (Phi) is 7.00. The summed E-state index contributed by atoms with van der Waals surface area (Å²) in [7, 11) is 1.77. The summed E-state index contributed by atoms with van der Waals surface area (Å²) in [6, 6.07) is 8.32. The monoisotopic (exact) mass is 464 g/mol. The molecular formula is C17H26ClIN4O. The number of hydrogen-bond donors (Lipinski definition) is 3. The number of aliphatic hydroxyl groups is 1. The third-order valence-electron chi connectivity index (χ3n) is 4.80. The van der Waals surface area contributed by atoms with E-state index in [1.54, 1.807) is 7.05 Å². The predicted octanol–water partition coefficient (Wildman–Crippen LogP) is 2.62. The van der Waals surface area contributed by atoms with Crippen molar-refractivity contribution in [2.45, 2.75) is 37.3 Å². The molecule has 1 heterocycles. The zero-order chi connectivity index (χ0) is 16.3. The van der Waals surface area contributed by atoms with Crippen LogP contribution < -0.4 is 15.5 Å². The lowest BCUT2D eigenvalue weighted by atomic mass is 9.80. The highest BCUT2D eigenvalue weighted by molar-refractivity contribution is 14.0.